The molecule has 0 unspecified atom stereocenters. The van der Waals surface area contributed by atoms with E-state index in [1.165, 1.54) is 29.4 Å². The van der Waals surface area contributed by atoms with E-state index in [9.17, 15) is 18.5 Å². The number of fused-ring (bicyclic) bond motifs is 1. The summed E-state index contributed by atoms with van der Waals surface area (Å²) in [7, 11) is -3.84. The number of furan rings is 1. The van der Waals surface area contributed by atoms with Gasteiger partial charge in [-0.3, -0.25) is 10.1 Å². The minimum Gasteiger partial charge on any atom is -0.400 e. The summed E-state index contributed by atoms with van der Waals surface area (Å²) in [6, 6.07) is 10.7. The first-order valence-electron chi connectivity index (χ1n) is 7.29. The molecule has 3 rings (SSSR count). The third kappa shape index (κ3) is 3.31. The Labute approximate surface area is 147 Å². The van der Waals surface area contributed by atoms with Crippen molar-refractivity contribution < 1.29 is 17.8 Å². The quantitative estimate of drug-likeness (QED) is 0.442. The van der Waals surface area contributed by atoms with Gasteiger partial charge in [0.05, 0.1) is 31.3 Å². The molecule has 2 heterocycles. The van der Waals surface area contributed by atoms with Crippen LogP contribution in [0.3, 0.4) is 0 Å². The number of sulfonamides is 1. The SMILES string of the molecule is N#CCCN(N=Cc1ccc([N+](=O)[O-])o1)C1=NS(=O)(=O)c2ccccc21. The second kappa shape index (κ2) is 6.77. The summed E-state index contributed by atoms with van der Waals surface area (Å²) in [4.78, 5) is 10.0. The summed E-state index contributed by atoms with van der Waals surface area (Å²) in [6.45, 7) is 0.0818. The van der Waals surface area contributed by atoms with Gasteiger partial charge in [0.25, 0.3) is 10.0 Å². The van der Waals surface area contributed by atoms with Crippen LogP contribution in [0.1, 0.15) is 17.7 Å². The fourth-order valence-electron chi connectivity index (χ4n) is 2.29. The fraction of sp³-hybridized carbons (Fsp3) is 0.133. The third-order valence-electron chi connectivity index (χ3n) is 3.41. The number of hydrogen-bond acceptors (Lipinski definition) is 8. The standard InChI is InChI=1S/C15H11N5O5S/c16-8-3-9-19(17-10-11-6-7-14(25-11)20(21)22)15-12-4-1-2-5-13(12)26(23,24)18-15/h1-2,4-7,10H,3,9H2. The van der Waals surface area contributed by atoms with Crippen molar-refractivity contribution in [1.82, 2.24) is 5.01 Å². The zero-order chi connectivity index (χ0) is 18.7. The average Bonchev–Trinajstić information content (AvgIpc) is 3.19. The zero-order valence-electron chi connectivity index (χ0n) is 13.1. The Hall–Kier alpha value is -3.52. The van der Waals surface area contributed by atoms with Crippen LogP contribution in [0.4, 0.5) is 5.88 Å². The summed E-state index contributed by atoms with van der Waals surface area (Å²) in [5.41, 5.74) is 0.369. The summed E-state index contributed by atoms with van der Waals surface area (Å²) in [6.07, 6.45) is 1.26. The first kappa shape index (κ1) is 17.3. The molecule has 1 aromatic carbocycles. The molecule has 11 heteroatoms. The van der Waals surface area contributed by atoms with Crippen LogP contribution in [0.25, 0.3) is 0 Å². The molecule has 0 saturated heterocycles. The van der Waals surface area contributed by atoms with Gasteiger partial charge in [0, 0.05) is 5.56 Å². The van der Waals surface area contributed by atoms with E-state index in [2.05, 4.69) is 9.50 Å². The van der Waals surface area contributed by atoms with Gasteiger partial charge in [-0.2, -0.15) is 18.8 Å². The first-order valence-corrected chi connectivity index (χ1v) is 8.73. The normalized spacial score (nSPS) is 14.7. The molecule has 10 nitrogen and oxygen atoms in total. The summed E-state index contributed by atoms with van der Waals surface area (Å²) in [5, 5.41) is 24.8. The number of nitriles is 1. The fourth-order valence-corrected chi connectivity index (χ4v) is 3.49. The van der Waals surface area contributed by atoms with Gasteiger partial charge < -0.3 is 4.42 Å². The van der Waals surface area contributed by atoms with Crippen molar-refractivity contribution >= 4 is 28.0 Å². The van der Waals surface area contributed by atoms with Gasteiger partial charge in [-0.1, -0.05) is 12.1 Å². The highest BCUT2D eigenvalue weighted by Crippen LogP contribution is 2.27. The van der Waals surface area contributed by atoms with E-state index in [1.54, 1.807) is 18.2 Å². The van der Waals surface area contributed by atoms with Gasteiger partial charge in [0.15, 0.2) is 11.6 Å². The maximum atomic E-state index is 12.2. The predicted molar refractivity (Wildman–Crippen MR) is 90.1 cm³/mol. The molecule has 0 saturated carbocycles. The number of rotatable bonds is 5. The lowest BCUT2D eigenvalue weighted by atomic mass is 10.2. The van der Waals surface area contributed by atoms with Crippen LogP contribution < -0.4 is 0 Å². The van der Waals surface area contributed by atoms with E-state index in [0.717, 1.165) is 0 Å². The molecular weight excluding hydrogens is 362 g/mol. The minimum absolute atomic E-state index is 0.0563. The van der Waals surface area contributed by atoms with Gasteiger partial charge in [-0.25, -0.2) is 5.01 Å². The summed E-state index contributed by atoms with van der Waals surface area (Å²) < 4.78 is 33.1. The molecule has 0 radical (unpaired) electrons. The topological polar surface area (TPSA) is 142 Å². The first-order chi connectivity index (χ1) is 12.4. The number of hydrazone groups is 1. The molecule has 1 aromatic heterocycles. The van der Waals surface area contributed by atoms with Crippen LogP contribution in [0.2, 0.25) is 0 Å². The molecule has 0 bridgehead atoms. The molecule has 1 aliphatic rings. The largest absolute Gasteiger partial charge is 0.433 e. The van der Waals surface area contributed by atoms with Crippen LogP contribution in [-0.4, -0.2) is 36.9 Å². The molecule has 0 N–H and O–H groups in total. The molecule has 0 aliphatic carbocycles. The Balaban J connectivity index is 1.95. The third-order valence-corrected chi connectivity index (χ3v) is 4.73. The van der Waals surface area contributed by atoms with Crippen molar-refractivity contribution in [1.29, 1.82) is 5.26 Å². The van der Waals surface area contributed by atoms with Gasteiger partial charge >= 0.3 is 5.88 Å². The van der Waals surface area contributed by atoms with E-state index in [1.807, 2.05) is 6.07 Å². The second-order valence-corrected chi connectivity index (χ2v) is 6.67. The average molecular weight is 373 g/mol. The van der Waals surface area contributed by atoms with Crippen molar-refractivity contribution in [2.75, 3.05) is 6.54 Å². The molecule has 0 atom stereocenters. The number of nitro groups is 1. The number of hydrogen-bond donors (Lipinski definition) is 0. The molecule has 0 spiro atoms. The van der Waals surface area contributed by atoms with Crippen LogP contribution >= 0.6 is 0 Å². The van der Waals surface area contributed by atoms with E-state index in [4.69, 9.17) is 9.68 Å². The Morgan fingerprint density at radius 3 is 2.81 bits per heavy atom. The second-order valence-electron chi connectivity index (χ2n) is 5.10. The maximum absolute atomic E-state index is 12.2. The highest BCUT2D eigenvalue weighted by atomic mass is 32.2. The zero-order valence-corrected chi connectivity index (χ0v) is 14.0. The minimum atomic E-state index is -3.84. The van der Waals surface area contributed by atoms with Crippen LogP contribution in [0.5, 0.6) is 0 Å². The van der Waals surface area contributed by atoms with E-state index >= 15 is 0 Å². The number of benzene rings is 1. The number of nitrogens with zero attached hydrogens (tertiary/aromatic N) is 5. The maximum Gasteiger partial charge on any atom is 0.433 e. The molecule has 0 fully saturated rings. The number of amidine groups is 1. The van der Waals surface area contributed by atoms with E-state index in [0.29, 0.717) is 5.56 Å². The van der Waals surface area contributed by atoms with Gasteiger partial charge in [0.2, 0.25) is 0 Å². The van der Waals surface area contributed by atoms with Gasteiger partial charge in [-0.05, 0) is 18.2 Å². The highest BCUT2D eigenvalue weighted by Gasteiger charge is 2.31. The molecule has 26 heavy (non-hydrogen) atoms. The lowest BCUT2D eigenvalue weighted by Crippen LogP contribution is -2.27. The van der Waals surface area contributed by atoms with Crippen molar-refractivity contribution in [3.05, 3.63) is 57.8 Å². The van der Waals surface area contributed by atoms with E-state index in [-0.39, 0.29) is 29.5 Å². The molecular formula is C15H11N5O5S. The van der Waals surface area contributed by atoms with Crippen molar-refractivity contribution in [3.8, 4) is 6.07 Å². The molecule has 0 amide bonds. The van der Waals surface area contributed by atoms with Crippen molar-refractivity contribution in [2.45, 2.75) is 11.3 Å². The smallest absolute Gasteiger partial charge is 0.400 e. The Kier molecular flexibility index (Phi) is 4.51. The van der Waals surface area contributed by atoms with Gasteiger partial charge in [-0.15, -0.1) is 4.40 Å². The Bertz CT molecular complexity index is 1060. The Morgan fingerprint density at radius 1 is 1.35 bits per heavy atom. The van der Waals surface area contributed by atoms with Crippen LogP contribution in [0.15, 0.2) is 55.2 Å². The monoisotopic (exact) mass is 373 g/mol. The van der Waals surface area contributed by atoms with Crippen molar-refractivity contribution in [3.63, 3.8) is 0 Å². The lowest BCUT2D eigenvalue weighted by molar-refractivity contribution is -0.402. The van der Waals surface area contributed by atoms with Gasteiger partial charge in [0.1, 0.15) is 9.82 Å². The highest BCUT2D eigenvalue weighted by molar-refractivity contribution is 7.90. The van der Waals surface area contributed by atoms with Crippen LogP contribution in [-0.2, 0) is 10.0 Å². The molecule has 1 aliphatic heterocycles. The predicted octanol–water partition coefficient (Wildman–Crippen LogP) is 1.89. The molecule has 2 aromatic rings. The summed E-state index contributed by atoms with van der Waals surface area (Å²) >= 11 is 0. The van der Waals surface area contributed by atoms with Crippen LogP contribution in [0, 0.1) is 21.4 Å². The van der Waals surface area contributed by atoms with Crippen molar-refractivity contribution in [2.24, 2.45) is 9.50 Å². The summed E-state index contributed by atoms with van der Waals surface area (Å²) in [5.74, 6) is -0.261. The molecule has 132 valence electrons. The van der Waals surface area contributed by atoms with E-state index < -0.39 is 20.8 Å². The Morgan fingerprint density at radius 2 is 2.12 bits per heavy atom. The lowest BCUT2D eigenvalue weighted by Gasteiger charge is -2.16.